The number of hydrogen-bond acceptors (Lipinski definition) is 2. The van der Waals surface area contributed by atoms with Crippen LogP contribution in [0.5, 0.6) is 5.75 Å². The van der Waals surface area contributed by atoms with E-state index in [0.29, 0.717) is 6.61 Å². The van der Waals surface area contributed by atoms with Crippen molar-refractivity contribution in [1.82, 2.24) is 5.32 Å². The van der Waals surface area contributed by atoms with Crippen LogP contribution in [-0.4, -0.2) is 6.54 Å². The number of rotatable bonds is 4. The highest BCUT2D eigenvalue weighted by Crippen LogP contribution is 2.31. The first-order valence-electron chi connectivity index (χ1n) is 8.58. The van der Waals surface area contributed by atoms with Gasteiger partial charge in [-0.15, -0.1) is 0 Å². The molecule has 2 nitrogen and oxygen atoms in total. The lowest BCUT2D eigenvalue weighted by Gasteiger charge is -2.28. The van der Waals surface area contributed by atoms with E-state index in [2.05, 4.69) is 82.5 Å². The fourth-order valence-electron chi connectivity index (χ4n) is 3.32. The molecule has 0 saturated carbocycles. The van der Waals surface area contributed by atoms with Gasteiger partial charge in [0, 0.05) is 10.1 Å². The van der Waals surface area contributed by atoms with Crippen LogP contribution in [0.3, 0.4) is 0 Å². The Morgan fingerprint density at radius 2 is 1.76 bits per heavy atom. The molecule has 0 radical (unpaired) electrons. The molecule has 3 aromatic carbocycles. The van der Waals surface area contributed by atoms with Gasteiger partial charge in [0.15, 0.2) is 0 Å². The van der Waals surface area contributed by atoms with Crippen LogP contribution in [0.4, 0.5) is 0 Å². The van der Waals surface area contributed by atoms with Crippen molar-refractivity contribution in [2.45, 2.75) is 19.1 Å². The minimum Gasteiger partial charge on any atom is -0.489 e. The van der Waals surface area contributed by atoms with E-state index in [4.69, 9.17) is 4.74 Å². The van der Waals surface area contributed by atoms with Gasteiger partial charge in [0.1, 0.15) is 12.4 Å². The van der Waals surface area contributed by atoms with Crippen molar-refractivity contribution in [3.05, 3.63) is 98.6 Å². The van der Waals surface area contributed by atoms with E-state index in [1.54, 1.807) is 0 Å². The molecule has 3 heteroatoms. The third-order valence-electron chi connectivity index (χ3n) is 4.62. The Balaban J connectivity index is 1.54. The average Bonchev–Trinajstić information content (AvgIpc) is 2.67. The van der Waals surface area contributed by atoms with Gasteiger partial charge in [0.25, 0.3) is 0 Å². The van der Waals surface area contributed by atoms with Crippen molar-refractivity contribution in [2.24, 2.45) is 0 Å². The van der Waals surface area contributed by atoms with Crippen LogP contribution < -0.4 is 10.1 Å². The molecule has 1 unspecified atom stereocenters. The number of halogens is 1. The van der Waals surface area contributed by atoms with Crippen molar-refractivity contribution >= 4 is 22.6 Å². The lowest BCUT2D eigenvalue weighted by Crippen LogP contribution is -2.30. The van der Waals surface area contributed by atoms with Gasteiger partial charge in [-0.2, -0.15) is 0 Å². The van der Waals surface area contributed by atoms with Crippen molar-refractivity contribution in [3.8, 4) is 5.75 Å². The number of hydrogen-bond donors (Lipinski definition) is 1. The Morgan fingerprint density at radius 1 is 0.960 bits per heavy atom. The molecule has 3 aromatic rings. The smallest absolute Gasteiger partial charge is 0.120 e. The first kappa shape index (κ1) is 16.6. The van der Waals surface area contributed by atoms with E-state index in [9.17, 15) is 0 Å². The normalized spacial score (nSPS) is 16.3. The minimum absolute atomic E-state index is 0.268. The summed E-state index contributed by atoms with van der Waals surface area (Å²) in [6.07, 6.45) is 1.04. The molecule has 25 heavy (non-hydrogen) atoms. The second kappa shape index (κ2) is 7.58. The fourth-order valence-corrected chi connectivity index (χ4v) is 3.68. The van der Waals surface area contributed by atoms with Crippen LogP contribution in [0.1, 0.15) is 28.3 Å². The molecular weight excluding hydrogens is 421 g/mol. The van der Waals surface area contributed by atoms with E-state index in [0.717, 1.165) is 18.7 Å². The average molecular weight is 441 g/mol. The highest BCUT2D eigenvalue weighted by Gasteiger charge is 2.21. The van der Waals surface area contributed by atoms with Crippen molar-refractivity contribution in [2.75, 3.05) is 6.54 Å². The molecule has 1 N–H and O–H groups in total. The third kappa shape index (κ3) is 3.88. The lowest BCUT2D eigenvalue weighted by atomic mass is 9.90. The molecule has 1 aliphatic rings. The first-order valence-corrected chi connectivity index (χ1v) is 9.66. The molecule has 0 aliphatic carbocycles. The molecule has 1 atom stereocenters. The molecule has 0 aromatic heterocycles. The standard InChI is InChI=1S/C22H20INO/c23-19-8-6-17(7-9-19)22-21-11-10-20(14-18(21)12-13-24-22)25-15-16-4-2-1-3-5-16/h1-11,14,22,24H,12-13,15H2. The Morgan fingerprint density at radius 3 is 2.56 bits per heavy atom. The van der Waals surface area contributed by atoms with Gasteiger partial charge in [0.2, 0.25) is 0 Å². The van der Waals surface area contributed by atoms with Gasteiger partial charge >= 0.3 is 0 Å². The monoisotopic (exact) mass is 441 g/mol. The zero-order valence-corrected chi connectivity index (χ0v) is 16.1. The SMILES string of the molecule is Ic1ccc(C2NCCc3cc(OCc4ccccc4)ccc32)cc1. The maximum absolute atomic E-state index is 5.99. The number of ether oxygens (including phenoxy) is 1. The molecule has 126 valence electrons. The zero-order chi connectivity index (χ0) is 17.1. The van der Waals surface area contributed by atoms with Gasteiger partial charge in [-0.3, -0.25) is 0 Å². The maximum Gasteiger partial charge on any atom is 0.120 e. The zero-order valence-electron chi connectivity index (χ0n) is 13.9. The molecule has 0 saturated heterocycles. The van der Waals surface area contributed by atoms with Crippen LogP contribution in [0, 0.1) is 3.57 Å². The Labute approximate surface area is 162 Å². The molecule has 4 rings (SSSR count). The molecule has 1 heterocycles. The fraction of sp³-hybridized carbons (Fsp3) is 0.182. The summed E-state index contributed by atoms with van der Waals surface area (Å²) in [7, 11) is 0. The molecule has 0 amide bonds. The summed E-state index contributed by atoms with van der Waals surface area (Å²) in [6, 6.07) is 25.9. The van der Waals surface area contributed by atoms with Crippen molar-refractivity contribution in [3.63, 3.8) is 0 Å². The quantitative estimate of drug-likeness (QED) is 0.569. The van der Waals surface area contributed by atoms with Gasteiger partial charge in [-0.25, -0.2) is 0 Å². The summed E-state index contributed by atoms with van der Waals surface area (Å²) < 4.78 is 7.26. The highest BCUT2D eigenvalue weighted by molar-refractivity contribution is 14.1. The minimum atomic E-state index is 0.268. The van der Waals surface area contributed by atoms with Crippen LogP contribution in [0.2, 0.25) is 0 Å². The largest absolute Gasteiger partial charge is 0.489 e. The van der Waals surface area contributed by atoms with Crippen molar-refractivity contribution in [1.29, 1.82) is 0 Å². The molecule has 0 bridgehead atoms. The van der Waals surface area contributed by atoms with E-state index >= 15 is 0 Å². The number of benzene rings is 3. The number of fused-ring (bicyclic) bond motifs is 1. The highest BCUT2D eigenvalue weighted by atomic mass is 127. The van der Waals surface area contributed by atoms with Crippen LogP contribution in [0.15, 0.2) is 72.8 Å². The molecule has 0 spiro atoms. The Kier molecular flexibility index (Phi) is 5.04. The Bertz CT molecular complexity index is 846. The summed E-state index contributed by atoms with van der Waals surface area (Å²) in [5, 5.41) is 3.65. The van der Waals surface area contributed by atoms with E-state index in [1.165, 1.54) is 25.8 Å². The van der Waals surface area contributed by atoms with Gasteiger partial charge in [0.05, 0.1) is 6.04 Å². The second-order valence-corrected chi connectivity index (χ2v) is 7.57. The molecular formula is C22H20INO. The van der Waals surface area contributed by atoms with Crippen molar-refractivity contribution < 1.29 is 4.74 Å². The summed E-state index contributed by atoms with van der Waals surface area (Å²) in [5.74, 6) is 0.950. The topological polar surface area (TPSA) is 21.3 Å². The molecule has 1 aliphatic heterocycles. The third-order valence-corrected chi connectivity index (χ3v) is 5.34. The predicted octanol–water partition coefficient (Wildman–Crippen LogP) is 5.11. The Hall–Kier alpha value is -1.85. The van der Waals surface area contributed by atoms with Gasteiger partial charge < -0.3 is 10.1 Å². The number of nitrogens with one attached hydrogen (secondary N) is 1. The van der Waals surface area contributed by atoms with E-state index < -0.39 is 0 Å². The second-order valence-electron chi connectivity index (χ2n) is 6.32. The van der Waals surface area contributed by atoms with E-state index in [1.807, 2.05) is 18.2 Å². The first-order chi connectivity index (χ1) is 12.3. The van der Waals surface area contributed by atoms with Crippen LogP contribution in [-0.2, 0) is 13.0 Å². The van der Waals surface area contributed by atoms with Crippen LogP contribution >= 0.6 is 22.6 Å². The summed E-state index contributed by atoms with van der Waals surface area (Å²) in [6.45, 7) is 1.60. The van der Waals surface area contributed by atoms with E-state index in [-0.39, 0.29) is 6.04 Å². The summed E-state index contributed by atoms with van der Waals surface area (Å²) in [4.78, 5) is 0. The molecule has 0 fully saturated rings. The lowest BCUT2D eigenvalue weighted by molar-refractivity contribution is 0.305. The summed E-state index contributed by atoms with van der Waals surface area (Å²) in [5.41, 5.74) is 5.25. The summed E-state index contributed by atoms with van der Waals surface area (Å²) >= 11 is 2.35. The van der Waals surface area contributed by atoms with Gasteiger partial charge in [-0.1, -0.05) is 48.5 Å². The van der Waals surface area contributed by atoms with Gasteiger partial charge in [-0.05, 0) is 75.5 Å². The predicted molar refractivity (Wildman–Crippen MR) is 110 cm³/mol. The van der Waals surface area contributed by atoms with Crippen LogP contribution in [0.25, 0.3) is 0 Å². The maximum atomic E-state index is 5.99.